The molecule has 0 aliphatic heterocycles. The minimum absolute atomic E-state index is 0.00664. The Kier molecular flexibility index (Phi) is 4.05. The van der Waals surface area contributed by atoms with Gasteiger partial charge in [0.25, 0.3) is 0 Å². The fourth-order valence-electron chi connectivity index (χ4n) is 7.05. The minimum atomic E-state index is -0.779. The maximum absolute atomic E-state index is 11.9. The SMILES string of the molecule is C[C@]12CCC(=O)CC1=CCC1C2CC[C@@]2(C)C1CC[C@@]2(O)C=CCO. The zero-order valence-electron chi connectivity index (χ0n) is 15.6. The van der Waals surface area contributed by atoms with Crippen molar-refractivity contribution in [3.8, 4) is 0 Å². The molecule has 138 valence electrons. The van der Waals surface area contributed by atoms with E-state index in [4.69, 9.17) is 5.11 Å². The van der Waals surface area contributed by atoms with Gasteiger partial charge in [-0.25, -0.2) is 0 Å². The van der Waals surface area contributed by atoms with Gasteiger partial charge in [-0.2, -0.15) is 0 Å². The summed E-state index contributed by atoms with van der Waals surface area (Å²) in [5.74, 6) is 2.22. The minimum Gasteiger partial charge on any atom is -0.392 e. The van der Waals surface area contributed by atoms with Crippen molar-refractivity contribution in [2.45, 2.75) is 70.8 Å². The molecule has 4 aliphatic carbocycles. The molecule has 0 radical (unpaired) electrons. The summed E-state index contributed by atoms with van der Waals surface area (Å²) in [5.41, 5.74) is 0.729. The third kappa shape index (κ3) is 2.35. The zero-order valence-corrected chi connectivity index (χ0v) is 15.6. The summed E-state index contributed by atoms with van der Waals surface area (Å²) in [6, 6.07) is 0. The van der Waals surface area contributed by atoms with Crippen LogP contribution in [0.4, 0.5) is 0 Å². The van der Waals surface area contributed by atoms with Crippen LogP contribution in [0.15, 0.2) is 23.8 Å². The maximum atomic E-state index is 11.9. The van der Waals surface area contributed by atoms with Crippen molar-refractivity contribution >= 4 is 5.78 Å². The number of aliphatic hydroxyl groups is 2. The van der Waals surface area contributed by atoms with E-state index < -0.39 is 5.60 Å². The van der Waals surface area contributed by atoms with Crippen LogP contribution in [0.5, 0.6) is 0 Å². The Labute approximate surface area is 151 Å². The van der Waals surface area contributed by atoms with Crippen LogP contribution in [0.2, 0.25) is 0 Å². The molecule has 0 aromatic heterocycles. The lowest BCUT2D eigenvalue weighted by Gasteiger charge is -2.58. The van der Waals surface area contributed by atoms with E-state index >= 15 is 0 Å². The number of hydrogen-bond donors (Lipinski definition) is 2. The molecule has 3 nitrogen and oxygen atoms in total. The van der Waals surface area contributed by atoms with Gasteiger partial charge in [0.15, 0.2) is 0 Å². The van der Waals surface area contributed by atoms with Crippen molar-refractivity contribution in [3.05, 3.63) is 23.8 Å². The second-order valence-corrected chi connectivity index (χ2v) is 9.48. The van der Waals surface area contributed by atoms with Crippen LogP contribution in [-0.4, -0.2) is 28.2 Å². The van der Waals surface area contributed by atoms with E-state index in [-0.39, 0.29) is 17.4 Å². The molecule has 3 fully saturated rings. The van der Waals surface area contributed by atoms with Crippen LogP contribution >= 0.6 is 0 Å². The lowest BCUT2D eigenvalue weighted by atomic mass is 9.47. The Morgan fingerprint density at radius 3 is 2.72 bits per heavy atom. The predicted octanol–water partition coefficient (Wildman–Crippen LogP) is 3.80. The fourth-order valence-corrected chi connectivity index (χ4v) is 7.05. The van der Waals surface area contributed by atoms with Crippen LogP contribution in [0.3, 0.4) is 0 Å². The van der Waals surface area contributed by atoms with Crippen molar-refractivity contribution in [2.75, 3.05) is 6.61 Å². The van der Waals surface area contributed by atoms with Gasteiger partial charge in [-0.05, 0) is 61.7 Å². The molecule has 4 rings (SSSR count). The average molecular weight is 344 g/mol. The van der Waals surface area contributed by atoms with Gasteiger partial charge in [0, 0.05) is 18.3 Å². The van der Waals surface area contributed by atoms with E-state index in [0.29, 0.717) is 30.0 Å². The first kappa shape index (κ1) is 17.5. The molecule has 2 N–H and O–H groups in total. The summed E-state index contributed by atoms with van der Waals surface area (Å²) in [6.07, 6.45) is 13.5. The average Bonchev–Trinajstić information content (AvgIpc) is 2.85. The van der Waals surface area contributed by atoms with E-state index in [1.165, 1.54) is 5.57 Å². The van der Waals surface area contributed by atoms with Gasteiger partial charge in [0.05, 0.1) is 12.2 Å². The number of rotatable bonds is 2. The van der Waals surface area contributed by atoms with Gasteiger partial charge in [-0.3, -0.25) is 4.79 Å². The van der Waals surface area contributed by atoms with E-state index in [1.54, 1.807) is 6.08 Å². The largest absolute Gasteiger partial charge is 0.392 e. The molecule has 3 heteroatoms. The molecule has 6 atom stereocenters. The highest BCUT2D eigenvalue weighted by Gasteiger charge is 2.62. The molecule has 0 heterocycles. The van der Waals surface area contributed by atoms with Gasteiger partial charge in [0.2, 0.25) is 0 Å². The molecule has 0 amide bonds. The van der Waals surface area contributed by atoms with Gasteiger partial charge < -0.3 is 10.2 Å². The molecule has 0 saturated heterocycles. The van der Waals surface area contributed by atoms with Gasteiger partial charge in [-0.1, -0.05) is 37.6 Å². The molecule has 3 saturated carbocycles. The van der Waals surface area contributed by atoms with E-state index in [2.05, 4.69) is 19.9 Å². The van der Waals surface area contributed by atoms with Crippen LogP contribution in [-0.2, 0) is 4.79 Å². The first-order chi connectivity index (χ1) is 11.8. The molecule has 4 aliphatic rings. The topological polar surface area (TPSA) is 57.5 Å². The van der Waals surface area contributed by atoms with Gasteiger partial charge >= 0.3 is 0 Å². The third-order valence-electron chi connectivity index (χ3n) is 8.65. The lowest BCUT2D eigenvalue weighted by molar-refractivity contribution is -0.124. The van der Waals surface area contributed by atoms with Crippen molar-refractivity contribution < 1.29 is 15.0 Å². The Morgan fingerprint density at radius 2 is 1.96 bits per heavy atom. The summed E-state index contributed by atoms with van der Waals surface area (Å²) >= 11 is 0. The summed E-state index contributed by atoms with van der Waals surface area (Å²) in [5, 5.41) is 20.5. The molecule has 0 spiro atoms. The second-order valence-electron chi connectivity index (χ2n) is 9.48. The van der Waals surface area contributed by atoms with Crippen LogP contribution in [0.1, 0.15) is 65.2 Å². The van der Waals surface area contributed by atoms with Crippen molar-refractivity contribution in [1.82, 2.24) is 0 Å². The number of carbonyl (C=O) groups excluding carboxylic acids is 1. The summed E-state index contributed by atoms with van der Waals surface area (Å²) in [6.45, 7) is 4.67. The third-order valence-corrected chi connectivity index (χ3v) is 8.65. The molecule has 3 unspecified atom stereocenters. The number of carbonyl (C=O) groups is 1. The van der Waals surface area contributed by atoms with E-state index in [1.807, 2.05) is 6.08 Å². The van der Waals surface area contributed by atoms with Crippen molar-refractivity contribution in [2.24, 2.45) is 28.6 Å². The van der Waals surface area contributed by atoms with Crippen molar-refractivity contribution in [3.63, 3.8) is 0 Å². The Morgan fingerprint density at radius 1 is 1.20 bits per heavy atom. The summed E-state index contributed by atoms with van der Waals surface area (Å²) < 4.78 is 0. The van der Waals surface area contributed by atoms with Gasteiger partial charge in [0.1, 0.15) is 5.78 Å². The van der Waals surface area contributed by atoms with Crippen LogP contribution < -0.4 is 0 Å². The highest BCUT2D eigenvalue weighted by molar-refractivity contribution is 5.82. The maximum Gasteiger partial charge on any atom is 0.136 e. The molecule has 0 bridgehead atoms. The smallest absolute Gasteiger partial charge is 0.136 e. The number of aliphatic hydroxyl groups excluding tert-OH is 1. The number of Topliss-reactive ketones (excluding diaryl/α,β-unsaturated/α-hetero) is 1. The zero-order chi connectivity index (χ0) is 17.9. The Bertz CT molecular complexity index is 635. The number of allylic oxidation sites excluding steroid dienone is 2. The second kappa shape index (κ2) is 5.79. The Hall–Kier alpha value is -0.930. The predicted molar refractivity (Wildman–Crippen MR) is 97.9 cm³/mol. The van der Waals surface area contributed by atoms with Crippen LogP contribution in [0, 0.1) is 28.6 Å². The highest BCUT2D eigenvalue weighted by Crippen LogP contribution is 2.67. The molecule has 0 aromatic carbocycles. The quantitative estimate of drug-likeness (QED) is 0.749. The molecular formula is C22H32O3. The number of ketones is 1. The van der Waals surface area contributed by atoms with Crippen molar-refractivity contribution in [1.29, 1.82) is 0 Å². The Balaban J connectivity index is 1.66. The summed E-state index contributed by atoms with van der Waals surface area (Å²) in [4.78, 5) is 11.9. The normalized spacial score (nSPS) is 49.5. The van der Waals surface area contributed by atoms with Gasteiger partial charge in [-0.15, -0.1) is 0 Å². The first-order valence-electron chi connectivity index (χ1n) is 10.1. The molecule has 25 heavy (non-hydrogen) atoms. The number of fused-ring (bicyclic) bond motifs is 5. The summed E-state index contributed by atoms with van der Waals surface area (Å²) in [7, 11) is 0. The highest BCUT2D eigenvalue weighted by atomic mass is 16.3. The standard InChI is InChI=1S/C22H32O3/c1-20-10-6-16(24)14-15(20)4-5-17-18(20)7-11-21(2)19(17)8-12-22(21,25)9-3-13-23/h3-4,9,17-19,23,25H,5-8,10-14H2,1-2H3/t17?,18?,19?,20-,21-,22-/m0/s1. The molecular weight excluding hydrogens is 312 g/mol. The van der Waals surface area contributed by atoms with E-state index in [0.717, 1.165) is 44.9 Å². The number of hydrogen-bond acceptors (Lipinski definition) is 3. The van der Waals surface area contributed by atoms with E-state index in [9.17, 15) is 9.90 Å². The van der Waals surface area contributed by atoms with Crippen LogP contribution in [0.25, 0.3) is 0 Å². The monoisotopic (exact) mass is 344 g/mol. The fraction of sp³-hybridized carbons (Fsp3) is 0.773. The molecule has 0 aromatic rings. The first-order valence-corrected chi connectivity index (χ1v) is 10.1. The lowest BCUT2D eigenvalue weighted by Crippen LogP contribution is -2.54.